The van der Waals surface area contributed by atoms with Crippen molar-refractivity contribution in [2.24, 2.45) is 0 Å². The van der Waals surface area contributed by atoms with Crippen molar-refractivity contribution >= 4 is 22.5 Å². The average Bonchev–Trinajstić information content (AvgIpc) is 2.99. The first kappa shape index (κ1) is 16.7. The minimum atomic E-state index is 0.684. The van der Waals surface area contributed by atoms with Crippen LogP contribution in [0, 0.1) is 0 Å². The van der Waals surface area contributed by atoms with Crippen LogP contribution in [0.25, 0.3) is 10.9 Å². The molecule has 0 unspecified atom stereocenters. The molecule has 3 aromatic rings. The summed E-state index contributed by atoms with van der Waals surface area (Å²) in [4.78, 5) is 0. The van der Waals surface area contributed by atoms with Crippen molar-refractivity contribution in [2.75, 3.05) is 0 Å². The van der Waals surface area contributed by atoms with Crippen LogP contribution in [0.3, 0.4) is 0 Å². The fourth-order valence-electron chi connectivity index (χ4n) is 3.99. The monoisotopic (exact) mass is 352 g/mol. The number of hydrogen-bond donors (Lipinski definition) is 1. The number of benzene rings is 2. The second-order valence-electron chi connectivity index (χ2n) is 7.15. The Bertz CT molecular complexity index is 846. The molecule has 1 N–H and O–H groups in total. The Balaban J connectivity index is 1.57. The third kappa shape index (κ3) is 3.91. The maximum Gasteiger partial charge on any atom is 0.0486 e. The first-order valence-electron chi connectivity index (χ1n) is 9.34. The van der Waals surface area contributed by atoms with Crippen LogP contribution in [-0.2, 0) is 13.1 Å². The predicted octanol–water partition coefficient (Wildman–Crippen LogP) is 5.77. The van der Waals surface area contributed by atoms with E-state index in [9.17, 15) is 0 Å². The number of nitrogens with zero attached hydrogens (tertiary/aromatic N) is 1. The third-order valence-corrected chi connectivity index (χ3v) is 5.53. The molecular weight excluding hydrogens is 328 g/mol. The summed E-state index contributed by atoms with van der Waals surface area (Å²) in [5, 5.41) is 5.94. The molecule has 1 saturated carbocycles. The van der Waals surface area contributed by atoms with Crippen LogP contribution in [0.4, 0.5) is 0 Å². The molecule has 1 fully saturated rings. The summed E-state index contributed by atoms with van der Waals surface area (Å²) >= 11 is 6.15. The topological polar surface area (TPSA) is 17.0 Å². The molecule has 2 aromatic carbocycles. The minimum absolute atomic E-state index is 0.684. The Labute approximate surface area is 154 Å². The van der Waals surface area contributed by atoms with E-state index in [2.05, 4.69) is 52.5 Å². The average molecular weight is 353 g/mol. The van der Waals surface area contributed by atoms with Gasteiger partial charge in [0.1, 0.15) is 0 Å². The lowest BCUT2D eigenvalue weighted by Gasteiger charge is -2.22. The van der Waals surface area contributed by atoms with Gasteiger partial charge in [-0.05, 0) is 42.2 Å². The van der Waals surface area contributed by atoms with Gasteiger partial charge in [0.05, 0.1) is 0 Å². The van der Waals surface area contributed by atoms with E-state index in [1.165, 1.54) is 54.1 Å². The number of rotatable bonds is 5. The molecule has 0 amide bonds. The summed E-state index contributed by atoms with van der Waals surface area (Å²) in [6.07, 6.45) is 9.09. The number of halogens is 1. The normalized spacial score (nSPS) is 15.7. The predicted molar refractivity (Wildman–Crippen MR) is 106 cm³/mol. The second-order valence-corrected chi connectivity index (χ2v) is 7.58. The van der Waals surface area contributed by atoms with Crippen molar-refractivity contribution in [3.8, 4) is 0 Å². The van der Waals surface area contributed by atoms with Crippen LogP contribution in [0.15, 0.2) is 54.7 Å². The van der Waals surface area contributed by atoms with E-state index < -0.39 is 0 Å². The SMILES string of the molecule is Clc1cccc(Cn2cc(CNC3CCCCC3)c3ccccc32)c1. The number of para-hydroxylation sites is 1. The van der Waals surface area contributed by atoms with Crippen LogP contribution >= 0.6 is 11.6 Å². The number of aromatic nitrogens is 1. The number of nitrogens with one attached hydrogen (secondary N) is 1. The summed E-state index contributed by atoms with van der Waals surface area (Å²) in [5.74, 6) is 0. The minimum Gasteiger partial charge on any atom is -0.343 e. The Morgan fingerprint density at radius 3 is 2.68 bits per heavy atom. The molecule has 0 saturated heterocycles. The van der Waals surface area contributed by atoms with Crippen molar-refractivity contribution in [3.63, 3.8) is 0 Å². The first-order chi connectivity index (χ1) is 12.3. The van der Waals surface area contributed by atoms with Gasteiger partial charge in [-0.3, -0.25) is 0 Å². The molecule has 0 radical (unpaired) electrons. The van der Waals surface area contributed by atoms with Crippen molar-refractivity contribution < 1.29 is 0 Å². The van der Waals surface area contributed by atoms with E-state index in [0.717, 1.165) is 18.1 Å². The van der Waals surface area contributed by atoms with Gasteiger partial charge in [-0.25, -0.2) is 0 Å². The highest BCUT2D eigenvalue weighted by Gasteiger charge is 2.14. The molecule has 0 bridgehead atoms. The molecule has 4 rings (SSSR count). The number of hydrogen-bond acceptors (Lipinski definition) is 1. The fourth-order valence-corrected chi connectivity index (χ4v) is 4.20. The zero-order chi connectivity index (χ0) is 17.1. The van der Waals surface area contributed by atoms with E-state index >= 15 is 0 Å². The molecule has 3 heteroatoms. The highest BCUT2D eigenvalue weighted by Crippen LogP contribution is 2.24. The quantitative estimate of drug-likeness (QED) is 0.617. The van der Waals surface area contributed by atoms with Crippen molar-refractivity contribution in [3.05, 3.63) is 70.9 Å². The number of fused-ring (bicyclic) bond motifs is 1. The van der Waals surface area contributed by atoms with E-state index in [1.54, 1.807) is 0 Å². The molecule has 0 aliphatic heterocycles. The molecule has 2 nitrogen and oxygen atoms in total. The molecule has 1 aliphatic rings. The Morgan fingerprint density at radius 2 is 1.84 bits per heavy atom. The maximum atomic E-state index is 6.15. The van der Waals surface area contributed by atoms with Crippen LogP contribution in [0.1, 0.15) is 43.2 Å². The van der Waals surface area contributed by atoms with Gasteiger partial charge in [0.2, 0.25) is 0 Å². The summed E-state index contributed by atoms with van der Waals surface area (Å²) in [5.41, 5.74) is 3.92. The van der Waals surface area contributed by atoms with Crippen LogP contribution in [-0.4, -0.2) is 10.6 Å². The third-order valence-electron chi connectivity index (χ3n) is 5.30. The van der Waals surface area contributed by atoms with Gasteiger partial charge in [-0.2, -0.15) is 0 Å². The highest BCUT2D eigenvalue weighted by molar-refractivity contribution is 6.30. The van der Waals surface area contributed by atoms with Gasteiger partial charge in [0, 0.05) is 41.3 Å². The largest absolute Gasteiger partial charge is 0.343 e. The van der Waals surface area contributed by atoms with Gasteiger partial charge >= 0.3 is 0 Å². The van der Waals surface area contributed by atoms with Gasteiger partial charge in [-0.1, -0.05) is 61.2 Å². The molecule has 0 spiro atoms. The molecule has 25 heavy (non-hydrogen) atoms. The zero-order valence-electron chi connectivity index (χ0n) is 14.5. The van der Waals surface area contributed by atoms with Gasteiger partial charge in [0.25, 0.3) is 0 Å². The maximum absolute atomic E-state index is 6.15. The fraction of sp³-hybridized carbons (Fsp3) is 0.364. The lowest BCUT2D eigenvalue weighted by atomic mass is 9.95. The summed E-state index contributed by atoms with van der Waals surface area (Å²) in [6.45, 7) is 1.80. The van der Waals surface area contributed by atoms with Crippen LogP contribution in [0.2, 0.25) is 5.02 Å². The smallest absolute Gasteiger partial charge is 0.0486 e. The van der Waals surface area contributed by atoms with E-state index in [1.807, 2.05) is 12.1 Å². The molecule has 0 atom stereocenters. The first-order valence-corrected chi connectivity index (χ1v) is 9.72. The standard InChI is InChI=1S/C22H25ClN2/c23-19-8-6-7-17(13-19)15-25-16-18(21-11-4-5-12-22(21)25)14-24-20-9-2-1-3-10-20/h4-8,11-13,16,20,24H,1-3,9-10,14-15H2. The van der Waals surface area contributed by atoms with E-state index in [4.69, 9.17) is 11.6 Å². The lowest BCUT2D eigenvalue weighted by Crippen LogP contribution is -2.30. The Morgan fingerprint density at radius 1 is 1.00 bits per heavy atom. The highest BCUT2D eigenvalue weighted by atomic mass is 35.5. The molecule has 1 aromatic heterocycles. The van der Waals surface area contributed by atoms with Crippen molar-refractivity contribution in [2.45, 2.75) is 51.2 Å². The van der Waals surface area contributed by atoms with Gasteiger partial charge in [0.15, 0.2) is 0 Å². The van der Waals surface area contributed by atoms with Gasteiger partial charge in [-0.15, -0.1) is 0 Å². The van der Waals surface area contributed by atoms with Crippen molar-refractivity contribution in [1.29, 1.82) is 0 Å². The summed E-state index contributed by atoms with van der Waals surface area (Å²) in [7, 11) is 0. The second kappa shape index (κ2) is 7.63. The Kier molecular flexibility index (Phi) is 5.09. The van der Waals surface area contributed by atoms with Gasteiger partial charge < -0.3 is 9.88 Å². The molecule has 1 aliphatic carbocycles. The van der Waals surface area contributed by atoms with E-state index in [-0.39, 0.29) is 0 Å². The van der Waals surface area contributed by atoms with Crippen LogP contribution < -0.4 is 5.32 Å². The van der Waals surface area contributed by atoms with Crippen molar-refractivity contribution in [1.82, 2.24) is 9.88 Å². The molecule has 1 heterocycles. The summed E-state index contributed by atoms with van der Waals surface area (Å²) < 4.78 is 2.35. The Hall–Kier alpha value is -1.77. The lowest BCUT2D eigenvalue weighted by molar-refractivity contribution is 0.372. The molecule has 130 valence electrons. The van der Waals surface area contributed by atoms with Crippen LogP contribution in [0.5, 0.6) is 0 Å². The van der Waals surface area contributed by atoms with E-state index in [0.29, 0.717) is 6.04 Å². The zero-order valence-corrected chi connectivity index (χ0v) is 15.3. The summed E-state index contributed by atoms with van der Waals surface area (Å²) in [6, 6.07) is 17.5. The molecular formula is C22H25ClN2.